The number of anilines is 1. The smallest absolute Gasteiger partial charge is 0.157 e. The molecule has 0 saturated carbocycles. The summed E-state index contributed by atoms with van der Waals surface area (Å²) < 4.78 is 17.6. The van der Waals surface area contributed by atoms with Crippen molar-refractivity contribution in [2.45, 2.75) is 13.0 Å². The molecule has 0 aliphatic rings. The van der Waals surface area contributed by atoms with Gasteiger partial charge in [0.05, 0.1) is 18.1 Å². The Labute approximate surface area is 143 Å². The zero-order chi connectivity index (χ0) is 17.1. The Bertz CT molecular complexity index is 978. The molecule has 25 heavy (non-hydrogen) atoms. The van der Waals surface area contributed by atoms with Gasteiger partial charge in [-0.2, -0.15) is 9.61 Å². The summed E-state index contributed by atoms with van der Waals surface area (Å²) in [5, 5.41) is 15.3. The molecule has 0 spiro atoms. The van der Waals surface area contributed by atoms with Crippen molar-refractivity contribution in [3.05, 3.63) is 60.8 Å². The van der Waals surface area contributed by atoms with E-state index in [2.05, 4.69) is 25.7 Å². The molecule has 0 amide bonds. The summed E-state index contributed by atoms with van der Waals surface area (Å²) in [7, 11) is 0. The molecule has 0 radical (unpaired) electrons. The second kappa shape index (κ2) is 6.68. The van der Waals surface area contributed by atoms with E-state index >= 15 is 0 Å². The Morgan fingerprint density at radius 1 is 1.12 bits per heavy atom. The van der Waals surface area contributed by atoms with E-state index in [1.165, 1.54) is 6.07 Å². The number of fused-ring (bicyclic) bond motifs is 1. The highest BCUT2D eigenvalue weighted by Gasteiger charge is 2.11. The summed E-state index contributed by atoms with van der Waals surface area (Å²) in [4.78, 5) is 4.49. The molecule has 8 heteroatoms. The van der Waals surface area contributed by atoms with Crippen LogP contribution in [-0.4, -0.2) is 36.1 Å². The van der Waals surface area contributed by atoms with Gasteiger partial charge >= 0.3 is 0 Å². The first-order valence-corrected chi connectivity index (χ1v) is 7.99. The lowest BCUT2D eigenvalue weighted by molar-refractivity contribution is 0.569. The second-order valence-corrected chi connectivity index (χ2v) is 5.55. The number of hydrogen-bond donors (Lipinski definition) is 1. The van der Waals surface area contributed by atoms with Gasteiger partial charge in [0.2, 0.25) is 0 Å². The molecular formula is C17H16FN7. The second-order valence-electron chi connectivity index (χ2n) is 5.55. The molecule has 4 rings (SSSR count). The first kappa shape index (κ1) is 15.3. The van der Waals surface area contributed by atoms with Gasteiger partial charge in [0.1, 0.15) is 11.6 Å². The molecule has 0 aliphatic carbocycles. The Morgan fingerprint density at radius 2 is 2.04 bits per heavy atom. The third-order valence-electron chi connectivity index (χ3n) is 3.85. The Hall–Kier alpha value is -3.29. The van der Waals surface area contributed by atoms with Crippen LogP contribution >= 0.6 is 0 Å². The maximum absolute atomic E-state index is 14.1. The average Bonchev–Trinajstić information content (AvgIpc) is 3.30. The molecule has 7 nitrogen and oxygen atoms in total. The molecule has 0 saturated heterocycles. The molecule has 0 bridgehead atoms. The first-order chi connectivity index (χ1) is 12.3. The number of nitrogens with zero attached hydrogens (tertiary/aromatic N) is 6. The van der Waals surface area contributed by atoms with E-state index in [1.54, 1.807) is 45.9 Å². The number of aryl methyl sites for hydroxylation is 1. The average molecular weight is 337 g/mol. The predicted molar refractivity (Wildman–Crippen MR) is 91.5 cm³/mol. The number of benzene rings is 1. The molecule has 0 aliphatic heterocycles. The Morgan fingerprint density at radius 3 is 2.88 bits per heavy atom. The third-order valence-corrected chi connectivity index (χ3v) is 3.85. The third kappa shape index (κ3) is 3.18. The van der Waals surface area contributed by atoms with Gasteiger partial charge in [0.25, 0.3) is 0 Å². The van der Waals surface area contributed by atoms with Crippen LogP contribution in [0.1, 0.15) is 6.42 Å². The summed E-state index contributed by atoms with van der Waals surface area (Å²) in [6, 6.07) is 10.2. The summed E-state index contributed by atoms with van der Waals surface area (Å²) in [6.07, 6.45) is 6.02. The topological polar surface area (TPSA) is 72.9 Å². The number of rotatable bonds is 6. The van der Waals surface area contributed by atoms with Crippen LogP contribution in [-0.2, 0) is 6.54 Å². The van der Waals surface area contributed by atoms with Gasteiger partial charge in [-0.1, -0.05) is 17.3 Å². The largest absolute Gasteiger partial charge is 0.370 e. The number of hydrogen-bond acceptors (Lipinski definition) is 5. The normalized spacial score (nSPS) is 11.1. The van der Waals surface area contributed by atoms with Crippen LogP contribution in [0.2, 0.25) is 0 Å². The zero-order valence-corrected chi connectivity index (χ0v) is 13.4. The van der Waals surface area contributed by atoms with E-state index < -0.39 is 0 Å². The Balaban J connectivity index is 1.57. The van der Waals surface area contributed by atoms with E-state index in [1.807, 2.05) is 12.3 Å². The van der Waals surface area contributed by atoms with Crippen LogP contribution in [0.3, 0.4) is 0 Å². The van der Waals surface area contributed by atoms with Gasteiger partial charge in [-0.25, -0.2) is 9.37 Å². The van der Waals surface area contributed by atoms with Gasteiger partial charge in [-0.15, -0.1) is 5.10 Å². The van der Waals surface area contributed by atoms with E-state index in [9.17, 15) is 4.39 Å². The van der Waals surface area contributed by atoms with E-state index in [0.717, 1.165) is 25.3 Å². The van der Waals surface area contributed by atoms with Gasteiger partial charge in [0.15, 0.2) is 5.65 Å². The quantitative estimate of drug-likeness (QED) is 0.548. The Kier molecular flexibility index (Phi) is 4.07. The van der Waals surface area contributed by atoms with Gasteiger partial charge < -0.3 is 5.32 Å². The number of nitrogens with one attached hydrogen (secondary N) is 1. The van der Waals surface area contributed by atoms with Crippen LogP contribution < -0.4 is 5.32 Å². The van der Waals surface area contributed by atoms with Gasteiger partial charge in [-0.3, -0.25) is 4.68 Å². The molecule has 3 aromatic heterocycles. The molecule has 3 heterocycles. The van der Waals surface area contributed by atoms with Crippen LogP contribution in [0.15, 0.2) is 55.0 Å². The van der Waals surface area contributed by atoms with Crippen LogP contribution in [0, 0.1) is 5.82 Å². The summed E-state index contributed by atoms with van der Waals surface area (Å²) in [6.45, 7) is 1.48. The first-order valence-electron chi connectivity index (χ1n) is 7.99. The van der Waals surface area contributed by atoms with E-state index in [4.69, 9.17) is 0 Å². The fourth-order valence-corrected chi connectivity index (χ4v) is 2.66. The lowest BCUT2D eigenvalue weighted by Crippen LogP contribution is -2.11. The fourth-order valence-electron chi connectivity index (χ4n) is 2.66. The highest BCUT2D eigenvalue weighted by Crippen LogP contribution is 2.24. The molecule has 4 aromatic rings. The molecular weight excluding hydrogens is 321 g/mol. The lowest BCUT2D eigenvalue weighted by atomic mass is 10.1. The van der Waals surface area contributed by atoms with Crippen LogP contribution in [0.5, 0.6) is 0 Å². The number of halogens is 1. The SMILES string of the molecule is Fc1ccccc1-c1cc(NCCCn2ccnn2)n2nccc2n1. The maximum Gasteiger partial charge on any atom is 0.157 e. The molecule has 0 unspecified atom stereocenters. The minimum Gasteiger partial charge on any atom is -0.370 e. The van der Waals surface area contributed by atoms with Crippen molar-refractivity contribution in [2.24, 2.45) is 0 Å². The molecule has 1 N–H and O–H groups in total. The fraction of sp³-hybridized carbons (Fsp3) is 0.176. The van der Waals surface area contributed by atoms with Crippen molar-refractivity contribution in [2.75, 3.05) is 11.9 Å². The molecule has 126 valence electrons. The molecule has 1 aromatic carbocycles. The predicted octanol–water partition coefficient (Wildman–Crippen LogP) is 2.63. The van der Waals surface area contributed by atoms with Crippen molar-refractivity contribution in [3.63, 3.8) is 0 Å². The number of aromatic nitrogens is 6. The van der Waals surface area contributed by atoms with E-state index in [0.29, 0.717) is 16.9 Å². The van der Waals surface area contributed by atoms with Crippen molar-refractivity contribution < 1.29 is 4.39 Å². The maximum atomic E-state index is 14.1. The van der Waals surface area contributed by atoms with E-state index in [-0.39, 0.29) is 5.82 Å². The van der Waals surface area contributed by atoms with Gasteiger partial charge in [0, 0.05) is 37.0 Å². The standard InChI is InChI=1S/C17H16FN7/c18-14-5-2-1-4-13(14)15-12-17(25-16(22-15)6-8-21-25)19-7-3-10-24-11-9-20-23-24/h1-2,4-6,8-9,11-12,19H,3,7,10H2. The highest BCUT2D eigenvalue weighted by atomic mass is 19.1. The summed E-state index contributed by atoms with van der Waals surface area (Å²) in [5.41, 5.74) is 1.71. The van der Waals surface area contributed by atoms with Crippen LogP contribution in [0.4, 0.5) is 10.2 Å². The van der Waals surface area contributed by atoms with Crippen molar-refractivity contribution in [3.8, 4) is 11.3 Å². The zero-order valence-electron chi connectivity index (χ0n) is 13.4. The van der Waals surface area contributed by atoms with Gasteiger partial charge in [-0.05, 0) is 18.6 Å². The summed E-state index contributed by atoms with van der Waals surface area (Å²) >= 11 is 0. The van der Waals surface area contributed by atoms with Crippen LogP contribution in [0.25, 0.3) is 16.9 Å². The summed E-state index contributed by atoms with van der Waals surface area (Å²) in [5.74, 6) is 0.475. The highest BCUT2D eigenvalue weighted by molar-refractivity contribution is 5.66. The van der Waals surface area contributed by atoms with Crippen molar-refractivity contribution in [1.29, 1.82) is 0 Å². The monoisotopic (exact) mass is 337 g/mol. The lowest BCUT2D eigenvalue weighted by Gasteiger charge is -2.11. The van der Waals surface area contributed by atoms with Crippen molar-refractivity contribution in [1.82, 2.24) is 29.6 Å². The molecule has 0 atom stereocenters. The minimum atomic E-state index is -0.295. The van der Waals surface area contributed by atoms with Crippen molar-refractivity contribution >= 4 is 11.5 Å². The minimum absolute atomic E-state index is 0.295. The molecule has 0 fully saturated rings.